The fourth-order valence-electron chi connectivity index (χ4n) is 6.41. The standard InChI is InChI=1S/C36H22N4/c1-3-7-33-29(5-1)31-19-36-32(20-35(31)39(33)27-11-9-25-21-37-15-13-23(25)17-27)30-6-2-4-8-34(30)40(36)28-12-10-26-22-38-16-14-24(26)18-28/h1-22H. The van der Waals surface area contributed by atoms with Gasteiger partial charge in [0.15, 0.2) is 0 Å². The Morgan fingerprint density at radius 2 is 0.850 bits per heavy atom. The lowest BCUT2D eigenvalue weighted by Crippen LogP contribution is -1.95. The molecule has 0 fully saturated rings. The molecule has 0 aliphatic heterocycles. The number of para-hydroxylation sites is 2. The van der Waals surface area contributed by atoms with Crippen molar-refractivity contribution in [2.75, 3.05) is 0 Å². The van der Waals surface area contributed by atoms with E-state index in [1.807, 2.05) is 24.8 Å². The molecular weight excluding hydrogens is 488 g/mol. The summed E-state index contributed by atoms with van der Waals surface area (Å²) < 4.78 is 4.80. The molecule has 0 spiro atoms. The van der Waals surface area contributed by atoms with Crippen molar-refractivity contribution in [1.82, 2.24) is 19.1 Å². The van der Waals surface area contributed by atoms with Crippen LogP contribution in [0.1, 0.15) is 0 Å². The molecule has 0 atom stereocenters. The lowest BCUT2D eigenvalue weighted by molar-refractivity contribution is 1.18. The molecule has 40 heavy (non-hydrogen) atoms. The van der Waals surface area contributed by atoms with Crippen LogP contribution in [-0.4, -0.2) is 19.1 Å². The Bertz CT molecular complexity index is 2270. The number of hydrogen-bond donors (Lipinski definition) is 0. The molecule has 0 radical (unpaired) electrons. The quantitative estimate of drug-likeness (QED) is 0.233. The first-order valence-corrected chi connectivity index (χ1v) is 13.5. The lowest BCUT2D eigenvalue weighted by atomic mass is 10.1. The maximum atomic E-state index is 4.30. The fraction of sp³-hybridized carbons (Fsp3) is 0. The monoisotopic (exact) mass is 510 g/mol. The van der Waals surface area contributed by atoms with Gasteiger partial charge in [-0.3, -0.25) is 9.97 Å². The summed E-state index contributed by atoms with van der Waals surface area (Å²) in [4.78, 5) is 8.60. The van der Waals surface area contributed by atoms with Crippen molar-refractivity contribution in [3.63, 3.8) is 0 Å². The van der Waals surface area contributed by atoms with Gasteiger partial charge in [-0.05, 0) is 71.4 Å². The maximum absolute atomic E-state index is 4.30. The number of benzene rings is 5. The van der Waals surface area contributed by atoms with Gasteiger partial charge in [-0.25, -0.2) is 0 Å². The highest BCUT2D eigenvalue weighted by Crippen LogP contribution is 2.40. The Hall–Kier alpha value is -5.48. The molecule has 0 aliphatic carbocycles. The van der Waals surface area contributed by atoms with Crippen LogP contribution in [0.15, 0.2) is 134 Å². The van der Waals surface area contributed by atoms with Gasteiger partial charge in [-0.15, -0.1) is 0 Å². The van der Waals surface area contributed by atoms with Gasteiger partial charge < -0.3 is 9.13 Å². The molecule has 0 unspecified atom stereocenters. The third kappa shape index (κ3) is 2.96. The van der Waals surface area contributed by atoms with Crippen molar-refractivity contribution in [3.8, 4) is 11.4 Å². The fourth-order valence-corrected chi connectivity index (χ4v) is 6.41. The minimum atomic E-state index is 1.14. The highest BCUT2D eigenvalue weighted by atomic mass is 15.0. The first-order chi connectivity index (χ1) is 19.8. The Morgan fingerprint density at radius 3 is 1.35 bits per heavy atom. The van der Waals surface area contributed by atoms with Crippen molar-refractivity contribution >= 4 is 65.2 Å². The van der Waals surface area contributed by atoms with Crippen LogP contribution in [0.25, 0.3) is 76.5 Å². The molecule has 9 aromatic rings. The van der Waals surface area contributed by atoms with Gasteiger partial charge in [-0.1, -0.05) is 48.5 Å². The normalized spacial score (nSPS) is 12.0. The van der Waals surface area contributed by atoms with Gasteiger partial charge in [0.1, 0.15) is 0 Å². The van der Waals surface area contributed by atoms with Crippen molar-refractivity contribution < 1.29 is 0 Å². The second kappa shape index (κ2) is 8.01. The topological polar surface area (TPSA) is 35.6 Å². The van der Waals surface area contributed by atoms with Gasteiger partial charge >= 0.3 is 0 Å². The second-order valence-corrected chi connectivity index (χ2v) is 10.4. The van der Waals surface area contributed by atoms with Crippen LogP contribution in [0.4, 0.5) is 0 Å². The zero-order valence-corrected chi connectivity index (χ0v) is 21.5. The minimum absolute atomic E-state index is 1.14. The van der Waals surface area contributed by atoms with E-state index in [0.717, 1.165) is 22.1 Å². The molecule has 186 valence electrons. The summed E-state index contributed by atoms with van der Waals surface area (Å²) in [5.74, 6) is 0. The van der Waals surface area contributed by atoms with Gasteiger partial charge in [-0.2, -0.15) is 0 Å². The van der Waals surface area contributed by atoms with Crippen LogP contribution in [-0.2, 0) is 0 Å². The number of hydrogen-bond acceptors (Lipinski definition) is 2. The molecule has 0 N–H and O–H groups in total. The Labute approximate surface area is 229 Å². The van der Waals surface area contributed by atoms with Crippen LogP contribution >= 0.6 is 0 Å². The van der Waals surface area contributed by atoms with E-state index in [2.05, 4.69) is 128 Å². The van der Waals surface area contributed by atoms with Crippen molar-refractivity contribution in [2.45, 2.75) is 0 Å². The smallest absolute Gasteiger partial charge is 0.0548 e. The molecule has 4 aromatic heterocycles. The molecule has 4 heterocycles. The van der Waals surface area contributed by atoms with Gasteiger partial charge in [0, 0.05) is 68.5 Å². The molecule has 0 saturated carbocycles. The number of fused-ring (bicyclic) bond motifs is 8. The Morgan fingerprint density at radius 1 is 0.375 bits per heavy atom. The predicted octanol–water partition coefficient (Wildman–Crippen LogP) is 8.98. The van der Waals surface area contributed by atoms with Gasteiger partial charge in [0.05, 0.1) is 22.1 Å². The van der Waals surface area contributed by atoms with E-state index >= 15 is 0 Å². The minimum Gasteiger partial charge on any atom is -0.309 e. The molecule has 0 saturated heterocycles. The predicted molar refractivity (Wildman–Crippen MR) is 166 cm³/mol. The zero-order valence-electron chi connectivity index (χ0n) is 21.5. The highest BCUT2D eigenvalue weighted by molar-refractivity contribution is 6.19. The van der Waals surface area contributed by atoms with E-state index in [4.69, 9.17) is 0 Å². The average molecular weight is 511 g/mol. The maximum Gasteiger partial charge on any atom is 0.0548 e. The summed E-state index contributed by atoms with van der Waals surface area (Å²) in [5, 5.41) is 9.63. The average Bonchev–Trinajstić information content (AvgIpc) is 3.51. The van der Waals surface area contributed by atoms with Gasteiger partial charge in [0.25, 0.3) is 0 Å². The summed E-state index contributed by atoms with van der Waals surface area (Å²) in [6, 6.07) is 39.6. The van der Waals surface area contributed by atoms with Crippen LogP contribution < -0.4 is 0 Å². The second-order valence-electron chi connectivity index (χ2n) is 10.4. The summed E-state index contributed by atoms with van der Waals surface area (Å²) in [5.41, 5.74) is 7.11. The Kier molecular flexibility index (Phi) is 4.30. The molecule has 9 rings (SSSR count). The third-order valence-electron chi connectivity index (χ3n) is 8.23. The third-order valence-corrected chi connectivity index (χ3v) is 8.23. The van der Waals surface area contributed by atoms with Crippen LogP contribution in [0.2, 0.25) is 0 Å². The number of aromatic nitrogens is 4. The van der Waals surface area contributed by atoms with Crippen LogP contribution in [0.3, 0.4) is 0 Å². The molecule has 5 aromatic carbocycles. The number of pyridine rings is 2. The highest BCUT2D eigenvalue weighted by Gasteiger charge is 2.18. The molecule has 4 heteroatoms. The number of nitrogens with zero attached hydrogens (tertiary/aromatic N) is 4. The summed E-state index contributed by atoms with van der Waals surface area (Å²) >= 11 is 0. The van der Waals surface area contributed by atoms with Gasteiger partial charge in [0.2, 0.25) is 0 Å². The molecule has 4 nitrogen and oxygen atoms in total. The molecular formula is C36H22N4. The zero-order chi connectivity index (χ0) is 26.2. The van der Waals surface area contributed by atoms with E-state index in [9.17, 15) is 0 Å². The van der Waals surface area contributed by atoms with Crippen molar-refractivity contribution in [2.24, 2.45) is 0 Å². The van der Waals surface area contributed by atoms with Crippen molar-refractivity contribution in [1.29, 1.82) is 0 Å². The first kappa shape index (κ1) is 21.5. The lowest BCUT2D eigenvalue weighted by Gasteiger charge is -2.10. The van der Waals surface area contributed by atoms with Crippen LogP contribution in [0, 0.1) is 0 Å². The number of rotatable bonds is 2. The SMILES string of the molecule is c1ccc2c(c1)c1cc3c(cc1n2-c1ccc2cnccc2c1)c1ccccc1n3-c1ccc2cnccc2c1. The molecule has 0 bridgehead atoms. The summed E-state index contributed by atoms with van der Waals surface area (Å²) in [7, 11) is 0. The molecule has 0 amide bonds. The Balaban J connectivity index is 1.41. The largest absolute Gasteiger partial charge is 0.309 e. The van der Waals surface area contributed by atoms with E-state index in [1.165, 1.54) is 54.4 Å². The van der Waals surface area contributed by atoms with E-state index in [-0.39, 0.29) is 0 Å². The van der Waals surface area contributed by atoms with E-state index in [0.29, 0.717) is 0 Å². The van der Waals surface area contributed by atoms with Crippen molar-refractivity contribution in [3.05, 3.63) is 134 Å². The summed E-state index contributed by atoms with van der Waals surface area (Å²) in [6.07, 6.45) is 7.57. The van der Waals surface area contributed by atoms with E-state index in [1.54, 1.807) is 0 Å². The van der Waals surface area contributed by atoms with E-state index < -0.39 is 0 Å². The first-order valence-electron chi connectivity index (χ1n) is 13.5. The van der Waals surface area contributed by atoms with Crippen LogP contribution in [0.5, 0.6) is 0 Å². The molecule has 0 aliphatic rings. The summed E-state index contributed by atoms with van der Waals surface area (Å²) in [6.45, 7) is 0.